The van der Waals surface area contributed by atoms with Crippen molar-refractivity contribution in [1.29, 1.82) is 0 Å². The first-order chi connectivity index (χ1) is 9.47. The van der Waals surface area contributed by atoms with Gasteiger partial charge in [0.25, 0.3) is 0 Å². The van der Waals surface area contributed by atoms with E-state index in [1.54, 1.807) is 0 Å². The van der Waals surface area contributed by atoms with Gasteiger partial charge in [0.15, 0.2) is 0 Å². The van der Waals surface area contributed by atoms with Gasteiger partial charge in [-0.2, -0.15) is 0 Å². The monoisotopic (exact) mass is 278 g/mol. The van der Waals surface area contributed by atoms with Crippen molar-refractivity contribution < 1.29 is 19.1 Å². The van der Waals surface area contributed by atoms with Crippen LogP contribution in [0.15, 0.2) is 21.7 Å². The average molecular weight is 278 g/mol. The van der Waals surface area contributed by atoms with Crippen LogP contribution in [0.4, 0.5) is 0 Å². The van der Waals surface area contributed by atoms with Crippen molar-refractivity contribution in [3.8, 4) is 0 Å². The zero-order valence-corrected chi connectivity index (χ0v) is 10.6. The maximum Gasteiger partial charge on any atom is 0.338 e. The number of esters is 2. The third-order valence-corrected chi connectivity index (χ3v) is 2.67. The molecule has 0 aliphatic rings. The van der Waals surface area contributed by atoms with E-state index in [0.29, 0.717) is 0 Å². The lowest BCUT2D eigenvalue weighted by Gasteiger charge is -2.08. The summed E-state index contributed by atoms with van der Waals surface area (Å²) >= 11 is 0. The molecule has 0 fully saturated rings. The Hall–Kier alpha value is -2.90. The number of carbonyl (C=O) groups excluding carboxylic acids is 2. The van der Waals surface area contributed by atoms with Gasteiger partial charge in [-0.25, -0.2) is 9.59 Å². The number of fused-ring (bicyclic) bond motifs is 1. The van der Waals surface area contributed by atoms with E-state index in [2.05, 4.69) is 19.4 Å². The molecule has 0 amide bonds. The van der Waals surface area contributed by atoms with Gasteiger partial charge in [0.1, 0.15) is 0 Å². The van der Waals surface area contributed by atoms with Gasteiger partial charge in [-0.15, -0.1) is 0 Å². The number of ether oxygens (including phenoxy) is 2. The Morgan fingerprint density at radius 1 is 0.850 bits per heavy atom. The molecule has 8 nitrogen and oxygen atoms in total. The van der Waals surface area contributed by atoms with Crippen LogP contribution < -0.4 is 11.1 Å². The van der Waals surface area contributed by atoms with Gasteiger partial charge < -0.3 is 19.4 Å². The molecule has 0 aliphatic heterocycles. The van der Waals surface area contributed by atoms with Gasteiger partial charge >= 0.3 is 23.1 Å². The lowest BCUT2D eigenvalue weighted by molar-refractivity contribution is 0.0555. The van der Waals surface area contributed by atoms with Crippen LogP contribution in [0.25, 0.3) is 11.0 Å². The molecule has 104 valence electrons. The van der Waals surface area contributed by atoms with Crippen LogP contribution in [0.5, 0.6) is 0 Å². The number of nitrogens with one attached hydrogen (secondary N) is 2. The first kappa shape index (κ1) is 13.5. The van der Waals surface area contributed by atoms with Crippen LogP contribution in [0.3, 0.4) is 0 Å². The quantitative estimate of drug-likeness (QED) is 0.579. The number of aromatic nitrogens is 2. The Labute approximate surface area is 111 Å². The molecule has 0 atom stereocenters. The summed E-state index contributed by atoms with van der Waals surface area (Å²) < 4.78 is 9.13. The molecule has 0 aliphatic carbocycles. The normalized spacial score (nSPS) is 10.3. The number of hydrogen-bond acceptors (Lipinski definition) is 6. The minimum Gasteiger partial charge on any atom is -0.465 e. The molecule has 2 rings (SSSR count). The SMILES string of the molecule is COC(=O)c1cc2[nH]c(=O)c(=O)[nH]c2cc1C(=O)OC. The Bertz CT molecular complexity index is 748. The fraction of sp³-hybridized carbons (Fsp3) is 0.167. The topological polar surface area (TPSA) is 118 Å². The van der Waals surface area contributed by atoms with Crippen LogP contribution in [0.2, 0.25) is 0 Å². The van der Waals surface area contributed by atoms with Crippen molar-refractivity contribution >= 4 is 23.0 Å². The van der Waals surface area contributed by atoms with E-state index in [1.807, 2.05) is 0 Å². The second-order valence-electron chi connectivity index (χ2n) is 3.83. The summed E-state index contributed by atoms with van der Waals surface area (Å²) in [6, 6.07) is 2.48. The smallest absolute Gasteiger partial charge is 0.338 e. The Kier molecular flexibility index (Phi) is 3.38. The van der Waals surface area contributed by atoms with E-state index >= 15 is 0 Å². The number of hydrogen-bond donors (Lipinski definition) is 2. The molecule has 0 bridgehead atoms. The highest BCUT2D eigenvalue weighted by Crippen LogP contribution is 2.17. The van der Waals surface area contributed by atoms with Gasteiger partial charge in [0.05, 0.1) is 36.4 Å². The third-order valence-electron chi connectivity index (χ3n) is 2.67. The molecule has 1 aromatic carbocycles. The van der Waals surface area contributed by atoms with E-state index in [-0.39, 0.29) is 22.2 Å². The second-order valence-corrected chi connectivity index (χ2v) is 3.83. The Balaban J connectivity index is 2.84. The molecule has 0 unspecified atom stereocenters. The first-order valence-electron chi connectivity index (χ1n) is 5.45. The summed E-state index contributed by atoms with van der Waals surface area (Å²) in [5, 5.41) is 0. The third kappa shape index (κ3) is 2.18. The van der Waals surface area contributed by atoms with Crippen LogP contribution in [-0.4, -0.2) is 36.1 Å². The number of rotatable bonds is 2. The fourth-order valence-corrected chi connectivity index (χ4v) is 1.72. The van der Waals surface area contributed by atoms with Gasteiger partial charge in [-0.05, 0) is 12.1 Å². The zero-order valence-electron chi connectivity index (χ0n) is 10.6. The van der Waals surface area contributed by atoms with Crippen LogP contribution in [0, 0.1) is 0 Å². The standard InChI is InChI=1S/C12H10N2O6/c1-19-11(17)5-3-7-8(4-6(5)12(18)20-2)14-10(16)9(15)13-7/h3-4H,1-2H3,(H,13,15)(H,14,16). The van der Waals surface area contributed by atoms with Gasteiger partial charge in [-0.3, -0.25) is 9.59 Å². The van der Waals surface area contributed by atoms with Crippen molar-refractivity contribution in [3.63, 3.8) is 0 Å². The second kappa shape index (κ2) is 5.00. The maximum absolute atomic E-state index is 11.7. The Morgan fingerprint density at radius 3 is 1.50 bits per heavy atom. The summed E-state index contributed by atoms with van der Waals surface area (Å²) in [4.78, 5) is 50.4. The first-order valence-corrected chi connectivity index (χ1v) is 5.45. The summed E-state index contributed by atoms with van der Waals surface area (Å²) in [7, 11) is 2.31. The molecule has 0 radical (unpaired) electrons. The number of benzene rings is 1. The minimum atomic E-state index is -0.862. The van der Waals surface area contributed by atoms with Crippen LogP contribution in [-0.2, 0) is 9.47 Å². The largest absolute Gasteiger partial charge is 0.465 e. The lowest BCUT2D eigenvalue weighted by Crippen LogP contribution is -2.29. The van der Waals surface area contributed by atoms with Crippen molar-refractivity contribution in [2.45, 2.75) is 0 Å². The molecular formula is C12H10N2O6. The van der Waals surface area contributed by atoms with E-state index in [9.17, 15) is 19.2 Å². The minimum absolute atomic E-state index is 0.0745. The lowest BCUT2D eigenvalue weighted by atomic mass is 10.1. The zero-order chi connectivity index (χ0) is 14.9. The van der Waals surface area contributed by atoms with Crippen molar-refractivity contribution in [2.75, 3.05) is 14.2 Å². The Morgan fingerprint density at radius 2 is 1.20 bits per heavy atom. The van der Waals surface area contributed by atoms with E-state index in [4.69, 9.17) is 0 Å². The molecule has 2 N–H and O–H groups in total. The number of H-pyrrole nitrogens is 2. The summed E-state index contributed by atoms with van der Waals surface area (Å²) in [6.45, 7) is 0. The van der Waals surface area contributed by atoms with E-state index < -0.39 is 23.1 Å². The molecule has 2 aromatic rings. The molecule has 1 heterocycles. The fourth-order valence-electron chi connectivity index (χ4n) is 1.72. The predicted molar refractivity (Wildman–Crippen MR) is 67.9 cm³/mol. The van der Waals surface area contributed by atoms with Gasteiger partial charge in [-0.1, -0.05) is 0 Å². The van der Waals surface area contributed by atoms with Crippen molar-refractivity contribution in [1.82, 2.24) is 9.97 Å². The van der Waals surface area contributed by atoms with Crippen molar-refractivity contribution in [3.05, 3.63) is 44.0 Å². The average Bonchev–Trinajstić information content (AvgIpc) is 2.45. The highest BCUT2D eigenvalue weighted by molar-refractivity contribution is 6.06. The molecule has 0 saturated heterocycles. The van der Waals surface area contributed by atoms with E-state index in [0.717, 1.165) is 14.2 Å². The van der Waals surface area contributed by atoms with Crippen LogP contribution >= 0.6 is 0 Å². The molecule has 8 heteroatoms. The summed E-state index contributed by atoms with van der Waals surface area (Å²) in [5.41, 5.74) is -1.48. The summed E-state index contributed by atoms with van der Waals surface area (Å²) in [5.74, 6) is -1.53. The predicted octanol–water partition coefficient (Wildman–Crippen LogP) is -0.210. The van der Waals surface area contributed by atoms with Crippen molar-refractivity contribution in [2.24, 2.45) is 0 Å². The molecule has 20 heavy (non-hydrogen) atoms. The van der Waals surface area contributed by atoms with Gasteiger partial charge in [0.2, 0.25) is 0 Å². The molecule has 1 aromatic heterocycles. The van der Waals surface area contributed by atoms with Gasteiger partial charge in [0, 0.05) is 0 Å². The number of aromatic amines is 2. The molecule has 0 spiro atoms. The van der Waals surface area contributed by atoms with E-state index in [1.165, 1.54) is 12.1 Å². The number of carbonyl (C=O) groups is 2. The van der Waals surface area contributed by atoms with Crippen LogP contribution in [0.1, 0.15) is 20.7 Å². The highest BCUT2D eigenvalue weighted by atomic mass is 16.5. The summed E-state index contributed by atoms with van der Waals surface area (Å²) in [6.07, 6.45) is 0. The molecule has 0 saturated carbocycles. The highest BCUT2D eigenvalue weighted by Gasteiger charge is 2.20. The maximum atomic E-state index is 11.7. The number of methoxy groups -OCH3 is 2. The molecular weight excluding hydrogens is 268 g/mol.